The van der Waals surface area contributed by atoms with Gasteiger partial charge in [-0.3, -0.25) is 9.59 Å². The van der Waals surface area contributed by atoms with Crippen molar-refractivity contribution in [2.24, 2.45) is 46.3 Å². The van der Waals surface area contributed by atoms with Crippen LogP contribution in [-0.2, 0) is 19.1 Å². The van der Waals surface area contributed by atoms with Crippen molar-refractivity contribution in [3.05, 3.63) is 0 Å². The van der Waals surface area contributed by atoms with Crippen molar-refractivity contribution in [2.75, 3.05) is 6.61 Å². The van der Waals surface area contributed by atoms with Crippen LogP contribution in [0, 0.1) is 46.3 Å². The van der Waals surface area contributed by atoms with Crippen LogP contribution in [0.1, 0.15) is 104 Å². The molecule has 0 spiro atoms. The molecule has 1 N–H and O–H groups in total. The van der Waals surface area contributed by atoms with Gasteiger partial charge in [0.25, 0.3) is 0 Å². The first-order valence-electron chi connectivity index (χ1n) is 14.2. The number of aliphatic carboxylic acids is 1. The molecule has 5 fully saturated rings. The lowest BCUT2D eigenvalue weighted by Gasteiger charge is -2.60. The first-order chi connectivity index (χ1) is 16.2. The Morgan fingerprint density at radius 3 is 2.59 bits per heavy atom. The Hall–Kier alpha value is -0.940. The van der Waals surface area contributed by atoms with Crippen molar-refractivity contribution in [1.29, 1.82) is 0 Å². The van der Waals surface area contributed by atoms with Crippen LogP contribution in [0.4, 0.5) is 0 Å². The average Bonchev–Trinajstić information content (AvgIpc) is 3.16. The number of fused-ring (bicyclic) bond motifs is 5. The molecular formula is C29H46O5. The van der Waals surface area contributed by atoms with E-state index in [0.29, 0.717) is 35.4 Å². The number of carboxylic acids is 1. The Labute approximate surface area is 205 Å². The largest absolute Gasteiger partial charge is 0.481 e. The highest BCUT2D eigenvalue weighted by Crippen LogP contribution is 2.67. The third-order valence-corrected chi connectivity index (χ3v) is 11.5. The van der Waals surface area contributed by atoms with E-state index in [1.807, 2.05) is 0 Å². The Bertz CT molecular complexity index is 774. The summed E-state index contributed by atoms with van der Waals surface area (Å²) < 4.78 is 12.2. The van der Waals surface area contributed by atoms with Gasteiger partial charge in [-0.1, -0.05) is 20.8 Å². The van der Waals surface area contributed by atoms with Gasteiger partial charge in [-0.25, -0.2) is 0 Å². The molecule has 5 aliphatic rings. The van der Waals surface area contributed by atoms with Crippen molar-refractivity contribution in [1.82, 2.24) is 0 Å². The molecular weight excluding hydrogens is 428 g/mol. The van der Waals surface area contributed by atoms with Crippen LogP contribution >= 0.6 is 0 Å². The van der Waals surface area contributed by atoms with Gasteiger partial charge in [-0.05, 0) is 111 Å². The lowest BCUT2D eigenvalue weighted by atomic mass is 9.44. The first kappa shape index (κ1) is 24.7. The molecule has 5 unspecified atom stereocenters. The molecule has 0 aromatic heterocycles. The number of Topliss-reactive ketones (excluding diaryl/α,β-unsaturated/α-hetero) is 1. The zero-order chi connectivity index (χ0) is 24.1. The summed E-state index contributed by atoms with van der Waals surface area (Å²) in [7, 11) is 0. The van der Waals surface area contributed by atoms with Crippen LogP contribution in [0.25, 0.3) is 0 Å². The molecule has 1 heterocycles. The quantitative estimate of drug-likeness (QED) is 0.462. The Kier molecular flexibility index (Phi) is 6.91. The number of carboxylic acid groups (broad SMARTS) is 1. The Morgan fingerprint density at radius 2 is 1.85 bits per heavy atom. The molecule has 0 aromatic rings. The van der Waals surface area contributed by atoms with Crippen molar-refractivity contribution in [2.45, 2.75) is 117 Å². The van der Waals surface area contributed by atoms with Gasteiger partial charge in [0.15, 0.2) is 6.29 Å². The van der Waals surface area contributed by atoms with Gasteiger partial charge in [-0.15, -0.1) is 0 Å². The molecule has 5 nitrogen and oxygen atoms in total. The second kappa shape index (κ2) is 9.50. The monoisotopic (exact) mass is 474 g/mol. The maximum absolute atomic E-state index is 13.8. The SMILES string of the molecule is C[C@H](CCC(=O)O)C1CCC2[C@H]3C(=O)CC4C[C@H](OC5CCCCO5)CC[C@]4(C)C3CC[C@@]21C. The fraction of sp³-hybridized carbons (Fsp3) is 0.931. The Balaban J connectivity index is 1.28. The highest BCUT2D eigenvalue weighted by atomic mass is 16.7. The molecule has 0 aromatic carbocycles. The van der Waals surface area contributed by atoms with Gasteiger partial charge in [-0.2, -0.15) is 0 Å². The molecule has 192 valence electrons. The van der Waals surface area contributed by atoms with E-state index in [1.165, 1.54) is 19.3 Å². The number of carbonyl (C=O) groups excluding carboxylic acids is 1. The highest BCUT2D eigenvalue weighted by Gasteiger charge is 2.63. The summed E-state index contributed by atoms with van der Waals surface area (Å²) in [6.07, 6.45) is 13.3. The number of ketones is 1. The molecule has 4 saturated carbocycles. The van der Waals surface area contributed by atoms with E-state index in [2.05, 4.69) is 20.8 Å². The molecule has 4 aliphatic carbocycles. The maximum Gasteiger partial charge on any atom is 0.303 e. The van der Waals surface area contributed by atoms with E-state index >= 15 is 0 Å². The van der Waals surface area contributed by atoms with Crippen molar-refractivity contribution in [3.8, 4) is 0 Å². The van der Waals surface area contributed by atoms with E-state index in [0.717, 1.165) is 64.4 Å². The molecule has 0 radical (unpaired) electrons. The normalized spacial score (nSPS) is 47.4. The summed E-state index contributed by atoms with van der Waals surface area (Å²) in [5, 5.41) is 9.18. The second-order valence-electron chi connectivity index (χ2n) is 13.1. The van der Waals surface area contributed by atoms with E-state index < -0.39 is 5.97 Å². The van der Waals surface area contributed by atoms with Gasteiger partial charge in [0.1, 0.15) is 5.78 Å². The molecule has 5 heteroatoms. The second-order valence-corrected chi connectivity index (χ2v) is 13.1. The topological polar surface area (TPSA) is 72.8 Å². The van der Waals surface area contributed by atoms with Crippen molar-refractivity contribution < 1.29 is 24.2 Å². The van der Waals surface area contributed by atoms with E-state index in [-0.39, 0.29) is 35.6 Å². The van der Waals surface area contributed by atoms with Crippen molar-refractivity contribution in [3.63, 3.8) is 0 Å². The third-order valence-electron chi connectivity index (χ3n) is 11.5. The third kappa shape index (κ3) is 4.27. The molecule has 34 heavy (non-hydrogen) atoms. The van der Waals surface area contributed by atoms with Gasteiger partial charge in [0.05, 0.1) is 6.10 Å². The molecule has 10 atom stereocenters. The van der Waals surface area contributed by atoms with Gasteiger partial charge in [0.2, 0.25) is 0 Å². The van der Waals surface area contributed by atoms with Gasteiger partial charge < -0.3 is 14.6 Å². The highest BCUT2D eigenvalue weighted by molar-refractivity contribution is 5.83. The van der Waals surface area contributed by atoms with E-state index in [4.69, 9.17) is 9.47 Å². The van der Waals surface area contributed by atoms with Crippen molar-refractivity contribution >= 4 is 11.8 Å². The van der Waals surface area contributed by atoms with Crippen LogP contribution in [0.5, 0.6) is 0 Å². The number of hydrogen-bond donors (Lipinski definition) is 1. The molecule has 1 saturated heterocycles. The maximum atomic E-state index is 13.8. The first-order valence-corrected chi connectivity index (χ1v) is 14.2. The molecule has 5 rings (SSSR count). The fourth-order valence-corrected chi connectivity index (χ4v) is 9.58. The minimum absolute atomic E-state index is 0.0379. The smallest absolute Gasteiger partial charge is 0.303 e. The summed E-state index contributed by atoms with van der Waals surface area (Å²) in [6.45, 7) is 8.01. The molecule has 0 bridgehead atoms. The number of hydrogen-bond acceptors (Lipinski definition) is 4. The summed E-state index contributed by atoms with van der Waals surface area (Å²) >= 11 is 0. The standard InChI is InChI=1S/C29H46O5/c1-18(7-10-25(31)32)21-8-9-22-27-23(12-14-29(21,22)3)28(2)13-11-20(16-19(28)17-24(27)30)34-26-6-4-5-15-33-26/h18-23,26-27H,4-17H2,1-3H3,(H,31,32)/t18-,19?,20-,21?,22?,23?,26?,27-,28+,29-/m1/s1. The zero-order valence-corrected chi connectivity index (χ0v) is 21.6. The van der Waals surface area contributed by atoms with Crippen LogP contribution in [0.2, 0.25) is 0 Å². The van der Waals surface area contributed by atoms with Crippen LogP contribution in [0.3, 0.4) is 0 Å². The van der Waals surface area contributed by atoms with E-state index in [9.17, 15) is 14.7 Å². The fourth-order valence-electron chi connectivity index (χ4n) is 9.58. The molecule has 0 amide bonds. The summed E-state index contributed by atoms with van der Waals surface area (Å²) in [4.78, 5) is 24.9. The number of ether oxygens (including phenoxy) is 2. The van der Waals surface area contributed by atoms with Gasteiger partial charge in [0, 0.05) is 25.4 Å². The summed E-state index contributed by atoms with van der Waals surface area (Å²) in [5.74, 6) is 2.46. The predicted octanol–water partition coefficient (Wildman–Crippen LogP) is 6.24. The Morgan fingerprint density at radius 1 is 1.09 bits per heavy atom. The number of carbonyl (C=O) groups is 2. The molecule has 1 aliphatic heterocycles. The predicted molar refractivity (Wildman–Crippen MR) is 130 cm³/mol. The van der Waals surface area contributed by atoms with Crippen LogP contribution in [0.15, 0.2) is 0 Å². The van der Waals surface area contributed by atoms with Gasteiger partial charge >= 0.3 is 5.97 Å². The number of rotatable bonds is 6. The van der Waals surface area contributed by atoms with Crippen LogP contribution in [-0.4, -0.2) is 35.9 Å². The zero-order valence-electron chi connectivity index (χ0n) is 21.6. The van der Waals surface area contributed by atoms with Crippen LogP contribution < -0.4 is 0 Å². The summed E-state index contributed by atoms with van der Waals surface area (Å²) in [6, 6.07) is 0. The lowest BCUT2D eigenvalue weighted by molar-refractivity contribution is -0.211. The lowest BCUT2D eigenvalue weighted by Crippen LogP contribution is -2.57. The van der Waals surface area contributed by atoms with E-state index in [1.54, 1.807) is 0 Å². The minimum atomic E-state index is -0.689. The average molecular weight is 475 g/mol. The summed E-state index contributed by atoms with van der Waals surface area (Å²) in [5.41, 5.74) is 0.441. The minimum Gasteiger partial charge on any atom is -0.481 e.